The van der Waals surface area contributed by atoms with Gasteiger partial charge in [0.2, 0.25) is 0 Å². The standard InChI is InChI=1S/C11H21NO/c1-2-8-12(9-10-13)11-6-4-3-5-7-11/h2,11,13H,1,3-10H2. The molecule has 0 unspecified atom stereocenters. The smallest absolute Gasteiger partial charge is 0.0558 e. The van der Waals surface area contributed by atoms with Crippen LogP contribution < -0.4 is 0 Å². The number of aliphatic hydroxyl groups is 1. The van der Waals surface area contributed by atoms with Gasteiger partial charge in [-0.1, -0.05) is 25.3 Å². The average molecular weight is 183 g/mol. The van der Waals surface area contributed by atoms with E-state index in [9.17, 15) is 0 Å². The van der Waals surface area contributed by atoms with Gasteiger partial charge in [-0.05, 0) is 12.8 Å². The van der Waals surface area contributed by atoms with E-state index in [4.69, 9.17) is 5.11 Å². The topological polar surface area (TPSA) is 23.5 Å². The van der Waals surface area contributed by atoms with Crippen molar-refractivity contribution >= 4 is 0 Å². The second-order valence-electron chi connectivity index (χ2n) is 3.80. The van der Waals surface area contributed by atoms with Crippen molar-refractivity contribution in [3.05, 3.63) is 12.7 Å². The van der Waals surface area contributed by atoms with Crippen molar-refractivity contribution in [2.24, 2.45) is 0 Å². The van der Waals surface area contributed by atoms with E-state index in [1.807, 2.05) is 6.08 Å². The van der Waals surface area contributed by atoms with Crippen molar-refractivity contribution in [3.8, 4) is 0 Å². The molecule has 0 aromatic heterocycles. The van der Waals surface area contributed by atoms with Gasteiger partial charge in [0, 0.05) is 19.1 Å². The van der Waals surface area contributed by atoms with Gasteiger partial charge in [0.1, 0.15) is 0 Å². The van der Waals surface area contributed by atoms with Crippen LogP contribution in [-0.4, -0.2) is 35.7 Å². The first-order chi connectivity index (χ1) is 6.38. The molecule has 1 N–H and O–H groups in total. The summed E-state index contributed by atoms with van der Waals surface area (Å²) in [5.41, 5.74) is 0. The number of hydrogen-bond acceptors (Lipinski definition) is 2. The molecule has 0 radical (unpaired) electrons. The van der Waals surface area contributed by atoms with Gasteiger partial charge < -0.3 is 5.11 Å². The fraction of sp³-hybridized carbons (Fsp3) is 0.818. The van der Waals surface area contributed by atoms with Crippen molar-refractivity contribution in [2.45, 2.75) is 38.1 Å². The first-order valence-corrected chi connectivity index (χ1v) is 5.34. The molecule has 1 aliphatic carbocycles. The summed E-state index contributed by atoms with van der Waals surface area (Å²) in [6.45, 7) is 5.75. The minimum absolute atomic E-state index is 0.268. The highest BCUT2D eigenvalue weighted by atomic mass is 16.3. The summed E-state index contributed by atoms with van der Waals surface area (Å²) in [6.07, 6.45) is 8.62. The van der Waals surface area contributed by atoms with Gasteiger partial charge in [0.15, 0.2) is 0 Å². The van der Waals surface area contributed by atoms with Crippen molar-refractivity contribution in [1.82, 2.24) is 4.90 Å². The third kappa shape index (κ3) is 3.49. The molecule has 2 heteroatoms. The highest BCUT2D eigenvalue weighted by Gasteiger charge is 2.19. The molecule has 13 heavy (non-hydrogen) atoms. The van der Waals surface area contributed by atoms with Crippen molar-refractivity contribution in [3.63, 3.8) is 0 Å². The fourth-order valence-electron chi connectivity index (χ4n) is 2.16. The largest absolute Gasteiger partial charge is 0.395 e. The van der Waals surface area contributed by atoms with Gasteiger partial charge in [-0.25, -0.2) is 0 Å². The van der Waals surface area contributed by atoms with Crippen molar-refractivity contribution in [1.29, 1.82) is 0 Å². The molecule has 1 fully saturated rings. The SMILES string of the molecule is C=CCN(CCO)C1CCCCC1. The fourth-order valence-corrected chi connectivity index (χ4v) is 2.16. The Morgan fingerprint density at radius 1 is 1.31 bits per heavy atom. The first kappa shape index (κ1) is 10.7. The summed E-state index contributed by atoms with van der Waals surface area (Å²) in [4.78, 5) is 2.35. The summed E-state index contributed by atoms with van der Waals surface area (Å²) in [6, 6.07) is 0.693. The summed E-state index contributed by atoms with van der Waals surface area (Å²) >= 11 is 0. The summed E-state index contributed by atoms with van der Waals surface area (Å²) < 4.78 is 0. The maximum atomic E-state index is 8.92. The zero-order valence-electron chi connectivity index (χ0n) is 8.41. The zero-order valence-corrected chi connectivity index (χ0v) is 8.41. The third-order valence-corrected chi connectivity index (χ3v) is 2.84. The molecule has 1 saturated carbocycles. The second-order valence-corrected chi connectivity index (χ2v) is 3.80. The molecule has 0 bridgehead atoms. The molecule has 0 aromatic rings. The highest BCUT2D eigenvalue weighted by molar-refractivity contribution is 4.81. The maximum absolute atomic E-state index is 8.92. The van der Waals surface area contributed by atoms with Gasteiger partial charge in [-0.15, -0.1) is 6.58 Å². The van der Waals surface area contributed by atoms with Crippen LogP contribution in [0.25, 0.3) is 0 Å². The van der Waals surface area contributed by atoms with E-state index in [0.29, 0.717) is 6.04 Å². The molecule has 1 aliphatic rings. The lowest BCUT2D eigenvalue weighted by Crippen LogP contribution is -2.38. The predicted octanol–water partition coefficient (Wildman–Crippen LogP) is 1.80. The molecule has 0 aliphatic heterocycles. The Bertz CT molecular complexity index is 141. The van der Waals surface area contributed by atoms with E-state index in [1.54, 1.807) is 0 Å². The third-order valence-electron chi connectivity index (χ3n) is 2.84. The Hall–Kier alpha value is -0.340. The molecule has 76 valence electrons. The Morgan fingerprint density at radius 2 is 2.00 bits per heavy atom. The minimum atomic E-state index is 0.268. The van der Waals surface area contributed by atoms with Gasteiger partial charge in [0.05, 0.1) is 6.61 Å². The van der Waals surface area contributed by atoms with Crippen LogP contribution in [0.5, 0.6) is 0 Å². The van der Waals surface area contributed by atoms with Gasteiger partial charge in [-0.3, -0.25) is 4.90 Å². The molecule has 1 rings (SSSR count). The zero-order chi connectivity index (χ0) is 9.52. The van der Waals surface area contributed by atoms with E-state index in [-0.39, 0.29) is 6.61 Å². The Kier molecular flexibility index (Phi) is 5.09. The van der Waals surface area contributed by atoms with Crippen LogP contribution in [0.2, 0.25) is 0 Å². The van der Waals surface area contributed by atoms with Crippen LogP contribution in [0.4, 0.5) is 0 Å². The molecule has 0 aromatic carbocycles. The van der Waals surface area contributed by atoms with E-state index < -0.39 is 0 Å². The van der Waals surface area contributed by atoms with E-state index >= 15 is 0 Å². The lowest BCUT2D eigenvalue weighted by molar-refractivity contribution is 0.137. The molecule has 2 nitrogen and oxygen atoms in total. The number of aliphatic hydroxyl groups excluding tert-OH is 1. The van der Waals surface area contributed by atoms with Crippen molar-refractivity contribution in [2.75, 3.05) is 19.7 Å². The van der Waals surface area contributed by atoms with E-state index in [1.165, 1.54) is 32.1 Å². The van der Waals surface area contributed by atoms with Crippen LogP contribution in [-0.2, 0) is 0 Å². The van der Waals surface area contributed by atoms with Crippen LogP contribution >= 0.6 is 0 Å². The van der Waals surface area contributed by atoms with E-state index in [2.05, 4.69) is 11.5 Å². The molecule has 0 atom stereocenters. The number of rotatable bonds is 5. The molecular weight excluding hydrogens is 162 g/mol. The average Bonchev–Trinajstić information content (AvgIpc) is 2.19. The van der Waals surface area contributed by atoms with Crippen LogP contribution in [0, 0.1) is 0 Å². The van der Waals surface area contributed by atoms with Gasteiger partial charge in [-0.2, -0.15) is 0 Å². The quantitative estimate of drug-likeness (QED) is 0.657. The molecule has 0 amide bonds. The first-order valence-electron chi connectivity index (χ1n) is 5.34. The minimum Gasteiger partial charge on any atom is -0.395 e. The van der Waals surface area contributed by atoms with Crippen LogP contribution in [0.3, 0.4) is 0 Å². The predicted molar refractivity (Wildman–Crippen MR) is 55.7 cm³/mol. The van der Waals surface area contributed by atoms with Crippen molar-refractivity contribution < 1.29 is 5.11 Å². The summed E-state index contributed by atoms with van der Waals surface area (Å²) in [5, 5.41) is 8.92. The molecule has 0 spiro atoms. The van der Waals surface area contributed by atoms with Crippen LogP contribution in [0.1, 0.15) is 32.1 Å². The van der Waals surface area contributed by atoms with Crippen LogP contribution in [0.15, 0.2) is 12.7 Å². The number of nitrogens with zero attached hydrogens (tertiary/aromatic N) is 1. The lowest BCUT2D eigenvalue weighted by atomic mass is 9.94. The Morgan fingerprint density at radius 3 is 2.54 bits per heavy atom. The molecule has 0 heterocycles. The van der Waals surface area contributed by atoms with Gasteiger partial charge >= 0.3 is 0 Å². The monoisotopic (exact) mass is 183 g/mol. The lowest BCUT2D eigenvalue weighted by Gasteiger charge is -2.33. The maximum Gasteiger partial charge on any atom is 0.0558 e. The number of hydrogen-bond donors (Lipinski definition) is 1. The van der Waals surface area contributed by atoms with Gasteiger partial charge in [0.25, 0.3) is 0 Å². The Labute approximate surface area is 81.2 Å². The molecule has 0 saturated heterocycles. The molecular formula is C11H21NO. The Balaban J connectivity index is 2.36. The van der Waals surface area contributed by atoms with E-state index in [0.717, 1.165) is 13.1 Å². The second kappa shape index (κ2) is 6.17. The highest BCUT2D eigenvalue weighted by Crippen LogP contribution is 2.22. The summed E-state index contributed by atoms with van der Waals surface area (Å²) in [5.74, 6) is 0. The summed E-state index contributed by atoms with van der Waals surface area (Å²) in [7, 11) is 0. The normalized spacial score (nSPS) is 19.2.